The number of aliphatic hydroxyl groups is 1. The molecule has 1 atom stereocenters. The summed E-state index contributed by atoms with van der Waals surface area (Å²) in [5, 5.41) is 15.2. The maximum Gasteiger partial charge on any atom is 0.407 e. The quantitative estimate of drug-likeness (QED) is 0.257. The first-order valence-corrected chi connectivity index (χ1v) is 13.3. The Balaban J connectivity index is 0.000000271. The Morgan fingerprint density at radius 2 is 1.48 bits per heavy atom. The highest BCUT2D eigenvalue weighted by molar-refractivity contribution is 6.02. The molecular weight excluding hydrogens is 562 g/mol. The predicted octanol–water partition coefficient (Wildman–Crippen LogP) is 3.25. The topological polar surface area (TPSA) is 137 Å². The van der Waals surface area contributed by atoms with Gasteiger partial charge in [0.1, 0.15) is 30.6 Å². The van der Waals surface area contributed by atoms with Crippen molar-refractivity contribution in [1.29, 1.82) is 0 Å². The molecule has 2 aromatic rings. The molecule has 5 N–H and O–H groups in total. The largest absolute Gasteiger partial charge is 0.444 e. The van der Waals surface area contributed by atoms with E-state index in [1.54, 1.807) is 32.9 Å². The molecule has 2 heterocycles. The Hall–Kier alpha value is -4.07. The number of nitrogens with one attached hydrogen (secondary N) is 2. The van der Waals surface area contributed by atoms with E-state index in [0.29, 0.717) is 16.8 Å². The number of hydrogen-bond acceptors (Lipinski definition) is 7. The zero-order valence-corrected chi connectivity index (χ0v) is 23.6. The SMILES string of the molecule is CC(C)(C)OC(=O)NC[C@H](O)CNc1cc(F)c2c(c1)CC(=O)N2CCF.Nc1cc(F)c2c(c1)CC(=O)N2CCF. The fourth-order valence-electron chi connectivity index (χ4n) is 4.54. The monoisotopic (exact) mass is 597 g/mol. The van der Waals surface area contributed by atoms with Gasteiger partial charge in [-0.3, -0.25) is 9.59 Å². The van der Waals surface area contributed by atoms with Crippen molar-refractivity contribution in [3.63, 3.8) is 0 Å². The number of halogens is 4. The fourth-order valence-corrected chi connectivity index (χ4v) is 4.54. The summed E-state index contributed by atoms with van der Waals surface area (Å²) < 4.78 is 57.6. The van der Waals surface area contributed by atoms with Gasteiger partial charge in [0, 0.05) is 24.5 Å². The van der Waals surface area contributed by atoms with Crippen LogP contribution in [-0.2, 0) is 27.2 Å². The van der Waals surface area contributed by atoms with E-state index in [0.717, 1.165) is 15.9 Å². The van der Waals surface area contributed by atoms with Gasteiger partial charge in [-0.05, 0) is 56.2 Å². The third kappa shape index (κ3) is 8.24. The number of aliphatic hydroxyl groups excluding tert-OH is 1. The summed E-state index contributed by atoms with van der Waals surface area (Å²) in [5.41, 5.74) is 6.76. The third-order valence-electron chi connectivity index (χ3n) is 6.17. The average Bonchev–Trinajstić information content (AvgIpc) is 3.37. The van der Waals surface area contributed by atoms with Crippen LogP contribution in [0.3, 0.4) is 0 Å². The molecule has 0 aliphatic carbocycles. The molecule has 3 amide bonds. The first kappa shape index (κ1) is 32.4. The zero-order chi connectivity index (χ0) is 31.2. The minimum atomic E-state index is -0.932. The highest BCUT2D eigenvalue weighted by Crippen LogP contribution is 2.35. The Labute approximate surface area is 240 Å². The number of amides is 3. The van der Waals surface area contributed by atoms with Crippen molar-refractivity contribution < 1.29 is 41.8 Å². The van der Waals surface area contributed by atoms with Gasteiger partial charge in [0.2, 0.25) is 11.8 Å². The number of nitrogen functional groups attached to an aromatic ring is 1. The Morgan fingerprint density at radius 1 is 0.952 bits per heavy atom. The Morgan fingerprint density at radius 3 is 2.00 bits per heavy atom. The van der Waals surface area contributed by atoms with Gasteiger partial charge in [-0.15, -0.1) is 0 Å². The first-order valence-electron chi connectivity index (χ1n) is 13.3. The van der Waals surface area contributed by atoms with Crippen molar-refractivity contribution in [1.82, 2.24) is 5.32 Å². The summed E-state index contributed by atoms with van der Waals surface area (Å²) in [5.74, 6) is -1.83. The molecule has 4 rings (SSSR count). The highest BCUT2D eigenvalue weighted by atomic mass is 19.1. The van der Waals surface area contributed by atoms with E-state index in [9.17, 15) is 37.1 Å². The second kappa shape index (κ2) is 13.7. The van der Waals surface area contributed by atoms with Crippen molar-refractivity contribution in [3.05, 3.63) is 47.0 Å². The molecule has 2 aliphatic rings. The lowest BCUT2D eigenvalue weighted by molar-refractivity contribution is -0.118. The molecule has 0 unspecified atom stereocenters. The van der Waals surface area contributed by atoms with Crippen molar-refractivity contribution >= 4 is 40.7 Å². The lowest BCUT2D eigenvalue weighted by Crippen LogP contribution is -2.39. The normalized spacial score (nSPS) is 14.7. The Kier molecular flexibility index (Phi) is 10.6. The Bertz CT molecular complexity index is 1320. The summed E-state index contributed by atoms with van der Waals surface area (Å²) in [4.78, 5) is 37.1. The second-order valence-electron chi connectivity index (χ2n) is 10.7. The summed E-state index contributed by atoms with van der Waals surface area (Å²) >= 11 is 0. The van der Waals surface area contributed by atoms with Gasteiger partial charge in [0.25, 0.3) is 0 Å². The number of fused-ring (bicyclic) bond motifs is 2. The van der Waals surface area contributed by atoms with Gasteiger partial charge in [-0.2, -0.15) is 0 Å². The van der Waals surface area contributed by atoms with Crippen LogP contribution in [0.2, 0.25) is 0 Å². The molecular formula is C28H35F4N5O5. The number of carbonyl (C=O) groups is 3. The van der Waals surface area contributed by atoms with E-state index in [2.05, 4.69) is 10.6 Å². The molecule has 0 saturated carbocycles. The molecule has 10 nitrogen and oxygen atoms in total. The second-order valence-corrected chi connectivity index (χ2v) is 10.7. The zero-order valence-electron chi connectivity index (χ0n) is 23.6. The molecule has 2 aromatic carbocycles. The summed E-state index contributed by atoms with van der Waals surface area (Å²) in [6, 6.07) is 5.48. The van der Waals surface area contributed by atoms with Crippen LogP contribution in [0.4, 0.5) is 45.1 Å². The summed E-state index contributed by atoms with van der Waals surface area (Å²) in [7, 11) is 0. The van der Waals surface area contributed by atoms with E-state index < -0.39 is 42.8 Å². The van der Waals surface area contributed by atoms with Crippen LogP contribution < -0.4 is 26.2 Å². The molecule has 0 saturated heterocycles. The van der Waals surface area contributed by atoms with Crippen molar-refractivity contribution in [3.8, 4) is 0 Å². The van der Waals surface area contributed by atoms with Gasteiger partial charge in [-0.25, -0.2) is 22.4 Å². The van der Waals surface area contributed by atoms with Gasteiger partial charge in [-0.1, -0.05) is 0 Å². The standard InChI is InChI=1S/C18H25F2N3O4.C10H10F2N2O/c1-18(2,3)27-17(26)22-10-13(24)9-21-12-6-11-7-15(25)23(5-4-19)16(11)14(20)8-12;11-1-2-14-9(15)4-6-3-7(13)5-8(12)10(6)14/h6,8,13,21,24H,4-5,7,9-10H2,1-3H3,(H,22,26);3,5H,1-2,4,13H2/t13-;/m1./s1. The number of ether oxygens (including phenoxy) is 1. The van der Waals surface area contributed by atoms with Crippen molar-refractivity contribution in [2.75, 3.05) is 60.4 Å². The van der Waals surface area contributed by atoms with E-state index in [1.165, 1.54) is 6.07 Å². The minimum absolute atomic E-state index is 0.00449. The van der Waals surface area contributed by atoms with Gasteiger partial charge < -0.3 is 36.0 Å². The number of anilines is 4. The van der Waals surface area contributed by atoms with Crippen molar-refractivity contribution in [2.24, 2.45) is 0 Å². The third-order valence-corrected chi connectivity index (χ3v) is 6.17. The molecule has 0 spiro atoms. The van der Waals surface area contributed by atoms with E-state index >= 15 is 0 Å². The lowest BCUT2D eigenvalue weighted by Gasteiger charge is -2.21. The summed E-state index contributed by atoms with van der Waals surface area (Å²) in [6.07, 6.45) is -1.47. The number of hydrogen-bond donors (Lipinski definition) is 4. The number of benzene rings is 2. The van der Waals surface area contributed by atoms with Crippen LogP contribution >= 0.6 is 0 Å². The maximum atomic E-state index is 14.3. The summed E-state index contributed by atoms with van der Waals surface area (Å²) in [6.45, 7) is 3.48. The van der Waals surface area contributed by atoms with Gasteiger partial charge in [0.15, 0.2) is 0 Å². The number of alkyl halides is 2. The smallest absolute Gasteiger partial charge is 0.407 e. The molecule has 0 aromatic heterocycles. The molecule has 0 radical (unpaired) electrons. The molecule has 0 bridgehead atoms. The number of nitrogens with zero attached hydrogens (tertiary/aromatic N) is 2. The maximum absolute atomic E-state index is 14.3. The van der Waals surface area contributed by atoms with E-state index in [-0.39, 0.29) is 67.9 Å². The number of rotatable bonds is 9. The van der Waals surface area contributed by atoms with Crippen LogP contribution in [0, 0.1) is 11.6 Å². The molecule has 0 fully saturated rings. The van der Waals surface area contributed by atoms with Crippen LogP contribution in [0.1, 0.15) is 31.9 Å². The molecule has 2 aliphatic heterocycles. The first-order chi connectivity index (χ1) is 19.7. The number of nitrogens with two attached hydrogens (primary N) is 1. The predicted molar refractivity (Wildman–Crippen MR) is 150 cm³/mol. The van der Waals surface area contributed by atoms with Gasteiger partial charge >= 0.3 is 6.09 Å². The van der Waals surface area contributed by atoms with Gasteiger partial charge in [0.05, 0.1) is 43.4 Å². The highest BCUT2D eigenvalue weighted by Gasteiger charge is 2.31. The average molecular weight is 598 g/mol. The van der Waals surface area contributed by atoms with E-state index in [1.807, 2.05) is 0 Å². The van der Waals surface area contributed by atoms with Crippen LogP contribution in [0.25, 0.3) is 0 Å². The van der Waals surface area contributed by atoms with Crippen LogP contribution in [0.5, 0.6) is 0 Å². The molecule has 42 heavy (non-hydrogen) atoms. The fraction of sp³-hybridized carbons (Fsp3) is 0.464. The number of alkyl carbamates (subject to hydrolysis) is 1. The molecule has 230 valence electrons. The van der Waals surface area contributed by atoms with E-state index in [4.69, 9.17) is 10.5 Å². The van der Waals surface area contributed by atoms with Crippen LogP contribution in [0.15, 0.2) is 24.3 Å². The van der Waals surface area contributed by atoms with Crippen LogP contribution in [-0.4, -0.2) is 74.2 Å². The number of carbonyl (C=O) groups excluding carboxylic acids is 3. The lowest BCUT2D eigenvalue weighted by atomic mass is 10.1. The van der Waals surface area contributed by atoms with Crippen molar-refractivity contribution in [2.45, 2.75) is 45.3 Å². The minimum Gasteiger partial charge on any atom is -0.444 e. The molecule has 14 heteroatoms.